The largest absolute Gasteiger partial charge is 0.398 e. The van der Waals surface area contributed by atoms with E-state index in [4.69, 9.17) is 10.5 Å². The van der Waals surface area contributed by atoms with Crippen LogP contribution in [0, 0.1) is 5.92 Å². The molecule has 0 radical (unpaired) electrons. The normalized spacial score (nSPS) is 24.8. The lowest BCUT2D eigenvalue weighted by atomic mass is 10.00. The van der Waals surface area contributed by atoms with Gasteiger partial charge in [-0.15, -0.1) is 0 Å². The predicted octanol–water partition coefficient (Wildman–Crippen LogP) is 1.87. The minimum atomic E-state index is -0.0773. The molecule has 1 amide bonds. The Balaban J connectivity index is 2.01. The van der Waals surface area contributed by atoms with E-state index < -0.39 is 0 Å². The molecule has 0 aromatic heterocycles. The van der Waals surface area contributed by atoms with Gasteiger partial charge in [0.1, 0.15) is 0 Å². The van der Waals surface area contributed by atoms with Crippen LogP contribution in [0.1, 0.15) is 31.9 Å². The predicted molar refractivity (Wildman–Crippen MR) is 70.9 cm³/mol. The zero-order valence-corrected chi connectivity index (χ0v) is 10.8. The number of anilines is 1. The van der Waals surface area contributed by atoms with E-state index in [1.54, 1.807) is 0 Å². The molecular formula is C14H20N2O2. The summed E-state index contributed by atoms with van der Waals surface area (Å²) in [6, 6.07) is 7.52. The van der Waals surface area contributed by atoms with Crippen molar-refractivity contribution in [3.63, 3.8) is 0 Å². The first kappa shape index (κ1) is 12.9. The van der Waals surface area contributed by atoms with Gasteiger partial charge in [-0.05, 0) is 31.9 Å². The van der Waals surface area contributed by atoms with E-state index in [9.17, 15) is 4.79 Å². The van der Waals surface area contributed by atoms with Crippen molar-refractivity contribution < 1.29 is 9.53 Å². The van der Waals surface area contributed by atoms with E-state index in [-0.39, 0.29) is 24.0 Å². The Morgan fingerprint density at radius 1 is 1.50 bits per heavy atom. The second-order valence-electron chi connectivity index (χ2n) is 4.83. The summed E-state index contributed by atoms with van der Waals surface area (Å²) in [6.45, 7) is 4.56. The highest BCUT2D eigenvalue weighted by Gasteiger charge is 2.31. The lowest BCUT2D eigenvalue weighted by Crippen LogP contribution is -2.35. The molecule has 18 heavy (non-hydrogen) atoms. The molecule has 1 aromatic rings. The molecule has 1 saturated heterocycles. The summed E-state index contributed by atoms with van der Waals surface area (Å²) in [7, 11) is 0. The molecule has 4 heteroatoms. The number of carbonyl (C=O) groups is 1. The van der Waals surface area contributed by atoms with Gasteiger partial charge in [0.25, 0.3) is 0 Å². The topological polar surface area (TPSA) is 64.3 Å². The summed E-state index contributed by atoms with van der Waals surface area (Å²) in [5, 5.41) is 3.01. The maximum absolute atomic E-state index is 12.1. The van der Waals surface area contributed by atoms with Crippen LogP contribution in [0.15, 0.2) is 24.3 Å². The van der Waals surface area contributed by atoms with Crippen molar-refractivity contribution in [2.45, 2.75) is 32.4 Å². The molecule has 1 aliphatic rings. The summed E-state index contributed by atoms with van der Waals surface area (Å²) >= 11 is 0. The first-order valence-electron chi connectivity index (χ1n) is 6.36. The van der Waals surface area contributed by atoms with Crippen LogP contribution >= 0.6 is 0 Å². The van der Waals surface area contributed by atoms with E-state index in [1.807, 2.05) is 38.1 Å². The van der Waals surface area contributed by atoms with Gasteiger partial charge >= 0.3 is 0 Å². The summed E-state index contributed by atoms with van der Waals surface area (Å²) < 4.78 is 5.41. The van der Waals surface area contributed by atoms with Gasteiger partial charge in [-0.1, -0.05) is 18.2 Å². The SMILES string of the molecule is CC(NC(=O)C1CCOC1C)c1ccccc1N. The fraction of sp³-hybridized carbons (Fsp3) is 0.500. The first-order chi connectivity index (χ1) is 8.59. The van der Waals surface area contributed by atoms with E-state index in [1.165, 1.54) is 0 Å². The summed E-state index contributed by atoms with van der Waals surface area (Å²) in [4.78, 5) is 12.1. The molecule has 1 heterocycles. The highest BCUT2D eigenvalue weighted by atomic mass is 16.5. The van der Waals surface area contributed by atoms with E-state index in [0.717, 1.165) is 12.0 Å². The Labute approximate surface area is 108 Å². The Hall–Kier alpha value is -1.55. The second-order valence-corrected chi connectivity index (χ2v) is 4.83. The van der Waals surface area contributed by atoms with Crippen molar-refractivity contribution in [1.29, 1.82) is 0 Å². The van der Waals surface area contributed by atoms with Crippen LogP contribution < -0.4 is 11.1 Å². The summed E-state index contributed by atoms with van der Waals surface area (Å²) in [5.41, 5.74) is 7.57. The molecule has 0 bridgehead atoms. The fourth-order valence-electron chi connectivity index (χ4n) is 2.38. The highest BCUT2D eigenvalue weighted by Crippen LogP contribution is 2.23. The van der Waals surface area contributed by atoms with Crippen LogP contribution in [0.4, 0.5) is 5.69 Å². The number of nitrogens with one attached hydrogen (secondary N) is 1. The first-order valence-corrected chi connectivity index (χ1v) is 6.36. The van der Waals surface area contributed by atoms with Crippen LogP contribution in [0.25, 0.3) is 0 Å². The quantitative estimate of drug-likeness (QED) is 0.803. The highest BCUT2D eigenvalue weighted by molar-refractivity contribution is 5.80. The van der Waals surface area contributed by atoms with Crippen LogP contribution in [0.3, 0.4) is 0 Å². The van der Waals surface area contributed by atoms with Crippen molar-refractivity contribution in [2.75, 3.05) is 12.3 Å². The van der Waals surface area contributed by atoms with Gasteiger partial charge < -0.3 is 15.8 Å². The molecule has 98 valence electrons. The number of carbonyl (C=O) groups excluding carboxylic acids is 1. The molecule has 1 fully saturated rings. The number of nitrogens with two attached hydrogens (primary N) is 1. The molecule has 3 unspecified atom stereocenters. The zero-order valence-electron chi connectivity index (χ0n) is 10.8. The van der Waals surface area contributed by atoms with Crippen molar-refractivity contribution in [2.24, 2.45) is 5.92 Å². The van der Waals surface area contributed by atoms with Crippen molar-refractivity contribution in [3.8, 4) is 0 Å². The minimum absolute atomic E-state index is 0.00493. The van der Waals surface area contributed by atoms with Crippen LogP contribution in [-0.2, 0) is 9.53 Å². The van der Waals surface area contributed by atoms with Crippen molar-refractivity contribution in [1.82, 2.24) is 5.32 Å². The molecule has 1 aliphatic heterocycles. The van der Waals surface area contributed by atoms with Crippen LogP contribution in [-0.4, -0.2) is 18.6 Å². The number of benzene rings is 1. The molecule has 1 aromatic carbocycles. The second kappa shape index (κ2) is 5.40. The van der Waals surface area contributed by atoms with Gasteiger partial charge in [-0.2, -0.15) is 0 Å². The number of ether oxygens (including phenoxy) is 1. The van der Waals surface area contributed by atoms with Crippen LogP contribution in [0.5, 0.6) is 0 Å². The standard InChI is InChI=1S/C14H20N2O2/c1-9(11-5-3-4-6-13(11)15)16-14(17)12-7-8-18-10(12)2/h3-6,9-10,12H,7-8,15H2,1-2H3,(H,16,17). The van der Waals surface area contributed by atoms with Crippen molar-refractivity contribution in [3.05, 3.63) is 29.8 Å². The number of hydrogen-bond donors (Lipinski definition) is 2. The molecular weight excluding hydrogens is 228 g/mol. The molecule has 0 spiro atoms. The monoisotopic (exact) mass is 248 g/mol. The lowest BCUT2D eigenvalue weighted by Gasteiger charge is -2.20. The maximum atomic E-state index is 12.1. The molecule has 4 nitrogen and oxygen atoms in total. The van der Waals surface area contributed by atoms with E-state index in [2.05, 4.69) is 5.32 Å². The Bertz CT molecular complexity index is 434. The average molecular weight is 248 g/mol. The van der Waals surface area contributed by atoms with Gasteiger partial charge in [0.15, 0.2) is 0 Å². The smallest absolute Gasteiger partial charge is 0.226 e. The Kier molecular flexibility index (Phi) is 3.87. The molecule has 0 saturated carbocycles. The van der Waals surface area contributed by atoms with Gasteiger partial charge in [0.05, 0.1) is 18.1 Å². The maximum Gasteiger partial charge on any atom is 0.226 e. The molecule has 3 N–H and O–H groups in total. The van der Waals surface area contributed by atoms with Gasteiger partial charge in [0, 0.05) is 12.3 Å². The van der Waals surface area contributed by atoms with Gasteiger partial charge in [0.2, 0.25) is 5.91 Å². The van der Waals surface area contributed by atoms with E-state index >= 15 is 0 Å². The number of amides is 1. The number of para-hydroxylation sites is 1. The molecule has 0 aliphatic carbocycles. The number of hydrogen-bond acceptors (Lipinski definition) is 3. The number of rotatable bonds is 3. The Morgan fingerprint density at radius 2 is 2.22 bits per heavy atom. The van der Waals surface area contributed by atoms with E-state index in [0.29, 0.717) is 12.3 Å². The zero-order chi connectivity index (χ0) is 13.1. The van der Waals surface area contributed by atoms with Crippen molar-refractivity contribution >= 4 is 11.6 Å². The third-order valence-corrected chi connectivity index (χ3v) is 3.53. The molecule has 3 atom stereocenters. The Morgan fingerprint density at radius 3 is 2.83 bits per heavy atom. The summed E-state index contributed by atoms with van der Waals surface area (Å²) in [6.07, 6.45) is 0.801. The fourth-order valence-corrected chi connectivity index (χ4v) is 2.38. The average Bonchev–Trinajstić information content (AvgIpc) is 2.76. The third kappa shape index (κ3) is 2.64. The summed E-state index contributed by atoms with van der Waals surface area (Å²) in [5.74, 6) is 0.00754. The molecule has 2 rings (SSSR count). The number of nitrogen functional groups attached to an aromatic ring is 1. The minimum Gasteiger partial charge on any atom is -0.398 e. The third-order valence-electron chi connectivity index (χ3n) is 3.53. The van der Waals surface area contributed by atoms with Gasteiger partial charge in [-0.25, -0.2) is 0 Å². The van der Waals surface area contributed by atoms with Gasteiger partial charge in [-0.3, -0.25) is 4.79 Å². The van der Waals surface area contributed by atoms with Crippen LogP contribution in [0.2, 0.25) is 0 Å². The lowest BCUT2D eigenvalue weighted by molar-refractivity contribution is -0.127.